The Morgan fingerprint density at radius 1 is 1.35 bits per heavy atom. The van der Waals surface area contributed by atoms with E-state index in [1.165, 1.54) is 0 Å². The number of hydrogen-bond donors (Lipinski definition) is 4. The first-order chi connectivity index (χ1) is 8.02. The van der Waals surface area contributed by atoms with E-state index in [1.807, 2.05) is 0 Å². The van der Waals surface area contributed by atoms with Gasteiger partial charge in [-0.25, -0.2) is 4.79 Å². The van der Waals surface area contributed by atoms with Crippen LogP contribution in [-0.4, -0.2) is 39.9 Å². The second-order valence-electron chi connectivity index (χ2n) is 4.31. The van der Waals surface area contributed by atoms with E-state index in [-0.39, 0.29) is 6.61 Å². The molecule has 6 nitrogen and oxygen atoms in total. The Morgan fingerprint density at radius 2 is 1.94 bits per heavy atom. The van der Waals surface area contributed by atoms with Crippen LogP contribution in [0, 0.1) is 5.41 Å². The quantitative estimate of drug-likeness (QED) is 0.492. The molecule has 0 radical (unpaired) electrons. The van der Waals surface area contributed by atoms with E-state index in [9.17, 15) is 19.8 Å². The molecule has 1 amide bonds. The molecule has 1 rings (SSSR count). The zero-order valence-corrected chi connectivity index (χ0v) is 9.43. The fourth-order valence-corrected chi connectivity index (χ4v) is 2.15. The molecule has 0 aromatic carbocycles. The number of carbonyl (C=O) groups is 2. The van der Waals surface area contributed by atoms with Crippen LogP contribution in [0.3, 0.4) is 0 Å². The lowest BCUT2D eigenvalue weighted by Crippen LogP contribution is -2.46. The Balaban J connectivity index is 2.59. The van der Waals surface area contributed by atoms with Crippen LogP contribution in [0.25, 0.3) is 0 Å². The molecule has 0 aromatic heterocycles. The van der Waals surface area contributed by atoms with Crippen LogP contribution in [0.5, 0.6) is 0 Å². The highest BCUT2D eigenvalue weighted by atomic mass is 16.4. The number of carboxylic acid groups (broad SMARTS) is 1. The minimum absolute atomic E-state index is 0.246. The number of amides is 1. The van der Waals surface area contributed by atoms with Crippen LogP contribution in [0.1, 0.15) is 25.7 Å². The number of rotatable bonds is 5. The lowest BCUT2D eigenvalue weighted by atomic mass is 9.80. The second kappa shape index (κ2) is 5.79. The third-order valence-corrected chi connectivity index (χ3v) is 3.19. The summed E-state index contributed by atoms with van der Waals surface area (Å²) in [4.78, 5) is 21.7. The van der Waals surface area contributed by atoms with Crippen LogP contribution < -0.4 is 5.32 Å². The van der Waals surface area contributed by atoms with Gasteiger partial charge < -0.3 is 20.6 Å². The van der Waals surface area contributed by atoms with Gasteiger partial charge in [0.25, 0.3) is 5.91 Å². The van der Waals surface area contributed by atoms with Gasteiger partial charge in [-0.3, -0.25) is 4.79 Å². The number of aliphatic hydroxyl groups is 2. The van der Waals surface area contributed by atoms with Crippen LogP contribution in [-0.2, 0) is 9.59 Å². The van der Waals surface area contributed by atoms with Crippen LogP contribution in [0.15, 0.2) is 12.3 Å². The van der Waals surface area contributed by atoms with Gasteiger partial charge in [-0.2, -0.15) is 0 Å². The Labute approximate surface area is 98.9 Å². The maximum atomic E-state index is 11.6. The molecule has 1 fully saturated rings. The Hall–Kier alpha value is -1.40. The minimum Gasteiger partial charge on any atom is -0.478 e. The molecule has 1 saturated carbocycles. The predicted molar refractivity (Wildman–Crippen MR) is 58.9 cm³/mol. The van der Waals surface area contributed by atoms with Crippen LogP contribution >= 0.6 is 0 Å². The van der Waals surface area contributed by atoms with E-state index < -0.39 is 23.4 Å². The van der Waals surface area contributed by atoms with Gasteiger partial charge in [-0.05, 0) is 12.8 Å². The van der Waals surface area contributed by atoms with Gasteiger partial charge in [0.05, 0.1) is 6.61 Å². The molecule has 0 saturated heterocycles. The van der Waals surface area contributed by atoms with Crippen molar-refractivity contribution in [2.45, 2.75) is 31.8 Å². The summed E-state index contributed by atoms with van der Waals surface area (Å²) in [6.07, 6.45) is 3.36. The van der Waals surface area contributed by atoms with Crippen molar-refractivity contribution in [3.05, 3.63) is 12.3 Å². The van der Waals surface area contributed by atoms with Crippen molar-refractivity contribution < 1.29 is 24.9 Å². The van der Waals surface area contributed by atoms with E-state index in [1.54, 1.807) is 0 Å². The first-order valence-electron chi connectivity index (χ1n) is 5.50. The fraction of sp³-hybridized carbons (Fsp3) is 0.636. The van der Waals surface area contributed by atoms with E-state index >= 15 is 0 Å². The Kier molecular flexibility index (Phi) is 4.65. The van der Waals surface area contributed by atoms with Crippen molar-refractivity contribution in [2.24, 2.45) is 5.41 Å². The average molecular weight is 243 g/mol. The summed E-state index contributed by atoms with van der Waals surface area (Å²) in [5.74, 6) is -1.86. The first-order valence-corrected chi connectivity index (χ1v) is 5.50. The van der Waals surface area contributed by atoms with Gasteiger partial charge in [-0.15, -0.1) is 0 Å². The molecule has 0 aromatic rings. The highest BCUT2D eigenvalue weighted by Crippen LogP contribution is 2.40. The fourth-order valence-electron chi connectivity index (χ4n) is 2.15. The summed E-state index contributed by atoms with van der Waals surface area (Å²) in [6.45, 7) is -0.246. The smallest absolute Gasteiger partial charge is 0.329 e. The largest absolute Gasteiger partial charge is 0.478 e. The van der Waals surface area contributed by atoms with Crippen molar-refractivity contribution in [3.8, 4) is 0 Å². The van der Waals surface area contributed by atoms with Crippen LogP contribution in [0.2, 0.25) is 0 Å². The zero-order chi connectivity index (χ0) is 12.9. The molecule has 0 unspecified atom stereocenters. The monoisotopic (exact) mass is 243 g/mol. The van der Waals surface area contributed by atoms with Gasteiger partial charge in [0.15, 0.2) is 0 Å². The number of carboxylic acids is 1. The molecule has 1 aliphatic carbocycles. The maximum absolute atomic E-state index is 11.6. The van der Waals surface area contributed by atoms with Gasteiger partial charge >= 0.3 is 5.97 Å². The number of aliphatic carboxylic acids is 1. The molecular weight excluding hydrogens is 226 g/mol. The molecule has 0 heterocycles. The van der Waals surface area contributed by atoms with Crippen molar-refractivity contribution >= 4 is 11.9 Å². The molecule has 0 bridgehead atoms. The van der Waals surface area contributed by atoms with E-state index in [4.69, 9.17) is 5.11 Å². The third kappa shape index (κ3) is 3.28. The molecule has 96 valence electrons. The Bertz CT molecular complexity index is 320. The lowest BCUT2D eigenvalue weighted by molar-refractivity contribution is -0.137. The van der Waals surface area contributed by atoms with Gasteiger partial charge in [0.2, 0.25) is 0 Å². The van der Waals surface area contributed by atoms with Crippen molar-refractivity contribution in [3.63, 3.8) is 0 Å². The normalized spacial score (nSPS) is 20.4. The molecule has 17 heavy (non-hydrogen) atoms. The number of carbonyl (C=O) groups excluding carboxylic acids is 1. The first kappa shape index (κ1) is 13.7. The minimum atomic E-state index is -1.31. The maximum Gasteiger partial charge on any atom is 0.329 e. The SMILES string of the molecule is O=C(O)/C=C/NC(=O)[C@H](O)C1(CO)CCCC1. The van der Waals surface area contributed by atoms with Gasteiger partial charge in [0, 0.05) is 17.7 Å². The topological polar surface area (TPSA) is 107 Å². The number of aliphatic hydroxyl groups excluding tert-OH is 2. The highest BCUT2D eigenvalue weighted by molar-refractivity contribution is 5.84. The second-order valence-corrected chi connectivity index (χ2v) is 4.31. The summed E-state index contributed by atoms with van der Waals surface area (Å²) in [5.41, 5.74) is -0.777. The van der Waals surface area contributed by atoms with Gasteiger partial charge in [0.1, 0.15) is 6.10 Å². The number of hydrogen-bond acceptors (Lipinski definition) is 4. The standard InChI is InChI=1S/C11H17NO5/c13-7-11(4-1-2-5-11)9(16)10(17)12-6-3-8(14)15/h3,6,9,13,16H,1-2,4-5,7H2,(H,12,17)(H,14,15)/b6-3+/t9-/m0/s1. The summed E-state index contributed by atoms with van der Waals surface area (Å²) in [7, 11) is 0. The van der Waals surface area contributed by atoms with E-state index in [0.717, 1.165) is 25.1 Å². The number of nitrogens with one attached hydrogen (secondary N) is 1. The molecule has 1 atom stereocenters. The summed E-state index contributed by atoms with van der Waals surface area (Å²) in [6, 6.07) is 0. The van der Waals surface area contributed by atoms with Crippen LogP contribution in [0.4, 0.5) is 0 Å². The third-order valence-electron chi connectivity index (χ3n) is 3.19. The molecule has 1 aliphatic rings. The molecule has 6 heteroatoms. The van der Waals surface area contributed by atoms with Crippen molar-refractivity contribution in [1.29, 1.82) is 0 Å². The summed E-state index contributed by atoms with van der Waals surface area (Å²) >= 11 is 0. The molecular formula is C11H17NO5. The van der Waals surface area contributed by atoms with Crippen molar-refractivity contribution in [2.75, 3.05) is 6.61 Å². The van der Waals surface area contributed by atoms with Crippen molar-refractivity contribution in [1.82, 2.24) is 5.32 Å². The van der Waals surface area contributed by atoms with E-state index in [0.29, 0.717) is 12.8 Å². The lowest BCUT2D eigenvalue weighted by Gasteiger charge is -2.30. The predicted octanol–water partition coefficient (Wildman–Crippen LogP) is -0.386. The Morgan fingerprint density at radius 3 is 2.41 bits per heavy atom. The van der Waals surface area contributed by atoms with Gasteiger partial charge in [-0.1, -0.05) is 12.8 Å². The highest BCUT2D eigenvalue weighted by Gasteiger charge is 2.43. The molecule has 0 spiro atoms. The zero-order valence-electron chi connectivity index (χ0n) is 9.43. The summed E-state index contributed by atoms with van der Waals surface area (Å²) in [5, 5.41) is 29.7. The average Bonchev–Trinajstić information content (AvgIpc) is 2.77. The summed E-state index contributed by atoms with van der Waals surface area (Å²) < 4.78 is 0. The molecule has 0 aliphatic heterocycles. The molecule has 4 N–H and O–H groups in total. The van der Waals surface area contributed by atoms with E-state index in [2.05, 4.69) is 5.32 Å².